The van der Waals surface area contributed by atoms with E-state index in [1.54, 1.807) is 0 Å². The maximum Gasteiger partial charge on any atom is 0.220 e. The molecule has 2 unspecified atom stereocenters. The fourth-order valence-electron chi connectivity index (χ4n) is 8.97. The molecule has 0 aliphatic carbocycles. The molecule has 10 nitrogen and oxygen atoms in total. The second-order valence-corrected chi connectivity index (χ2v) is 19.2. The first-order valence-electron chi connectivity index (χ1n) is 26.8. The molecular formula is C52H103NO9. The van der Waals surface area contributed by atoms with Crippen LogP contribution in [0.2, 0.25) is 0 Å². The van der Waals surface area contributed by atoms with Crippen molar-refractivity contribution in [3.63, 3.8) is 0 Å². The summed E-state index contributed by atoms with van der Waals surface area (Å²) < 4.78 is 11.2. The molecule has 0 spiro atoms. The monoisotopic (exact) mass is 886 g/mol. The third-order valence-electron chi connectivity index (χ3n) is 13.3. The maximum absolute atomic E-state index is 13.1. The first-order valence-corrected chi connectivity index (χ1v) is 26.8. The zero-order chi connectivity index (χ0) is 45.3. The van der Waals surface area contributed by atoms with Gasteiger partial charge >= 0.3 is 0 Å². The van der Waals surface area contributed by atoms with Crippen LogP contribution in [-0.2, 0) is 14.3 Å². The first-order chi connectivity index (χ1) is 30.3. The molecule has 8 atom stereocenters. The van der Waals surface area contributed by atoms with Crippen molar-refractivity contribution in [2.45, 2.75) is 313 Å². The lowest BCUT2D eigenvalue weighted by Gasteiger charge is -2.40. The summed E-state index contributed by atoms with van der Waals surface area (Å²) in [6.07, 6.45) is 38.3. The van der Waals surface area contributed by atoms with Crippen molar-refractivity contribution < 1.29 is 44.9 Å². The maximum atomic E-state index is 13.1. The van der Waals surface area contributed by atoms with Crippen LogP contribution >= 0.6 is 0 Å². The lowest BCUT2D eigenvalue weighted by molar-refractivity contribution is -0.303. The largest absolute Gasteiger partial charge is 0.394 e. The van der Waals surface area contributed by atoms with Crippen LogP contribution < -0.4 is 5.32 Å². The Morgan fingerprint density at radius 3 is 1.19 bits per heavy atom. The van der Waals surface area contributed by atoms with Gasteiger partial charge in [0.25, 0.3) is 0 Å². The van der Waals surface area contributed by atoms with Crippen LogP contribution in [0.1, 0.15) is 264 Å². The van der Waals surface area contributed by atoms with Crippen LogP contribution in [0.5, 0.6) is 0 Å². The summed E-state index contributed by atoms with van der Waals surface area (Å²) in [5.74, 6) is -0.251. The summed E-state index contributed by atoms with van der Waals surface area (Å²) in [6, 6.07) is -0.985. The number of aliphatic hydroxyl groups excluding tert-OH is 6. The third-order valence-corrected chi connectivity index (χ3v) is 13.3. The van der Waals surface area contributed by atoms with Crippen molar-refractivity contribution in [3.05, 3.63) is 0 Å². The number of carbonyl (C=O) groups excluding carboxylic acids is 1. The number of aliphatic hydroxyl groups is 6. The highest BCUT2D eigenvalue weighted by Crippen LogP contribution is 2.23. The number of ether oxygens (including phenoxy) is 2. The van der Waals surface area contributed by atoms with Crippen LogP contribution in [0.25, 0.3) is 0 Å². The number of nitrogens with one attached hydrogen (secondary N) is 1. The van der Waals surface area contributed by atoms with E-state index in [0.29, 0.717) is 6.42 Å². The third kappa shape index (κ3) is 31.9. The zero-order valence-electron chi connectivity index (χ0n) is 40.5. The minimum Gasteiger partial charge on any atom is -0.394 e. The Bertz CT molecular complexity index is 957. The Kier molecular flexibility index (Phi) is 40.8. The van der Waals surface area contributed by atoms with Gasteiger partial charge in [0.1, 0.15) is 30.5 Å². The Balaban J connectivity index is 2.25. The molecule has 1 fully saturated rings. The van der Waals surface area contributed by atoms with Crippen molar-refractivity contribution in [2.75, 3.05) is 13.2 Å². The molecule has 10 heteroatoms. The molecule has 0 aromatic carbocycles. The van der Waals surface area contributed by atoms with Crippen molar-refractivity contribution in [1.82, 2.24) is 5.32 Å². The van der Waals surface area contributed by atoms with Gasteiger partial charge in [0.15, 0.2) is 6.29 Å². The van der Waals surface area contributed by atoms with E-state index < -0.39 is 55.6 Å². The number of carbonyl (C=O) groups is 1. The second-order valence-electron chi connectivity index (χ2n) is 19.2. The Labute approximate surface area is 381 Å². The first kappa shape index (κ1) is 59.2. The van der Waals surface area contributed by atoms with Gasteiger partial charge in [-0.1, -0.05) is 245 Å². The van der Waals surface area contributed by atoms with Gasteiger partial charge in [-0.3, -0.25) is 4.79 Å². The van der Waals surface area contributed by atoms with E-state index in [0.717, 1.165) is 38.5 Å². The lowest BCUT2D eigenvalue weighted by Crippen LogP contribution is -2.60. The van der Waals surface area contributed by atoms with Crippen molar-refractivity contribution in [2.24, 2.45) is 0 Å². The highest BCUT2D eigenvalue weighted by molar-refractivity contribution is 5.76. The summed E-state index contributed by atoms with van der Waals surface area (Å²) in [6.45, 7) is 3.64. The quantitative estimate of drug-likeness (QED) is 0.0294. The fraction of sp³-hybridized carbons (Fsp3) is 0.981. The smallest absolute Gasteiger partial charge is 0.220 e. The van der Waals surface area contributed by atoms with Gasteiger partial charge in [-0.25, -0.2) is 0 Å². The highest BCUT2D eigenvalue weighted by atomic mass is 16.7. The molecule has 1 amide bonds. The number of hydrogen-bond acceptors (Lipinski definition) is 9. The van der Waals surface area contributed by atoms with E-state index in [2.05, 4.69) is 19.2 Å². The molecule has 1 heterocycles. The van der Waals surface area contributed by atoms with Gasteiger partial charge in [-0.05, 0) is 12.8 Å². The molecule has 0 bridgehead atoms. The van der Waals surface area contributed by atoms with Crippen molar-refractivity contribution >= 4 is 5.91 Å². The topological polar surface area (TPSA) is 169 Å². The van der Waals surface area contributed by atoms with Crippen LogP contribution in [0.4, 0.5) is 0 Å². The minimum atomic E-state index is -1.60. The molecule has 0 saturated carbocycles. The van der Waals surface area contributed by atoms with E-state index in [-0.39, 0.29) is 18.9 Å². The molecule has 0 aromatic rings. The highest BCUT2D eigenvalue weighted by Gasteiger charge is 2.44. The Hall–Kier alpha value is -0.850. The molecule has 0 radical (unpaired) electrons. The summed E-state index contributed by atoms with van der Waals surface area (Å²) in [4.78, 5) is 13.1. The molecule has 1 aliphatic heterocycles. The molecular weight excluding hydrogens is 783 g/mol. The SMILES string of the molecule is CCCCCCCCCCCCCCCCCCCCCCCCCCC(=O)N[C@@H](CO[C@@H]1O[C@H](CO)[C@@H](O)C(O)C1O)[C@H](O)[C@H](O)CCCCCCCCCCCCCCC. The van der Waals surface area contributed by atoms with Crippen molar-refractivity contribution in [1.29, 1.82) is 0 Å². The Morgan fingerprint density at radius 2 is 0.839 bits per heavy atom. The van der Waals surface area contributed by atoms with Gasteiger partial charge in [0.2, 0.25) is 5.91 Å². The average Bonchev–Trinajstić information content (AvgIpc) is 3.27. The normalized spacial score (nSPS) is 20.7. The van der Waals surface area contributed by atoms with E-state index in [4.69, 9.17) is 9.47 Å². The molecule has 62 heavy (non-hydrogen) atoms. The van der Waals surface area contributed by atoms with E-state index in [1.165, 1.54) is 199 Å². The van der Waals surface area contributed by atoms with Gasteiger partial charge in [0, 0.05) is 6.42 Å². The van der Waals surface area contributed by atoms with Gasteiger partial charge in [0.05, 0.1) is 25.4 Å². The molecule has 0 aromatic heterocycles. The Morgan fingerprint density at radius 1 is 0.500 bits per heavy atom. The van der Waals surface area contributed by atoms with Crippen LogP contribution in [0, 0.1) is 0 Å². The molecule has 1 saturated heterocycles. The minimum absolute atomic E-state index is 0.251. The second kappa shape index (κ2) is 42.8. The van der Waals surface area contributed by atoms with E-state index in [1.807, 2.05) is 0 Å². The van der Waals surface area contributed by atoms with Gasteiger partial charge < -0.3 is 45.4 Å². The predicted molar refractivity (Wildman–Crippen MR) is 255 cm³/mol. The van der Waals surface area contributed by atoms with Gasteiger partial charge in [-0.2, -0.15) is 0 Å². The van der Waals surface area contributed by atoms with Crippen LogP contribution in [0.3, 0.4) is 0 Å². The number of hydrogen-bond donors (Lipinski definition) is 7. The van der Waals surface area contributed by atoms with E-state index >= 15 is 0 Å². The average molecular weight is 886 g/mol. The fourth-order valence-corrected chi connectivity index (χ4v) is 8.97. The molecule has 7 N–H and O–H groups in total. The predicted octanol–water partition coefficient (Wildman–Crippen LogP) is 11.3. The summed E-state index contributed by atoms with van der Waals surface area (Å²) in [5.41, 5.74) is 0. The number of unbranched alkanes of at least 4 members (excludes halogenated alkanes) is 35. The summed E-state index contributed by atoms with van der Waals surface area (Å²) in [7, 11) is 0. The molecule has 1 rings (SSSR count). The zero-order valence-corrected chi connectivity index (χ0v) is 40.5. The van der Waals surface area contributed by atoms with Crippen molar-refractivity contribution in [3.8, 4) is 0 Å². The standard InChI is InChI=1S/C52H103NO9/c1-3-5-7-9-11-13-15-17-18-19-20-21-22-23-24-25-26-27-29-31-33-35-37-39-41-47(56)53-44(43-61-52-51(60)50(59)49(58)46(42-54)62-52)48(57)45(55)40-38-36-34-32-30-28-16-14-12-10-8-6-4-2/h44-46,48-52,54-55,57-60H,3-43H2,1-2H3,(H,53,56)/t44-,45+,46+,48-,49+,50?,51?,52+/m0/s1. The lowest BCUT2D eigenvalue weighted by atomic mass is 9.98. The number of rotatable bonds is 46. The molecule has 370 valence electrons. The van der Waals surface area contributed by atoms with Gasteiger partial charge in [-0.15, -0.1) is 0 Å². The van der Waals surface area contributed by atoms with E-state index in [9.17, 15) is 35.4 Å². The van der Waals surface area contributed by atoms with Crippen LogP contribution in [0.15, 0.2) is 0 Å². The number of amides is 1. The summed E-state index contributed by atoms with van der Waals surface area (Å²) >= 11 is 0. The van der Waals surface area contributed by atoms with Crippen LogP contribution in [-0.4, -0.2) is 98.7 Å². The summed E-state index contributed by atoms with van der Waals surface area (Å²) in [5, 5.41) is 65.3. The molecule has 1 aliphatic rings.